The first kappa shape index (κ1) is 26.4. The number of hydrogen-bond donors (Lipinski definition) is 1. The summed E-state index contributed by atoms with van der Waals surface area (Å²) < 4.78 is 16.9. The molecule has 3 heterocycles. The zero-order valence-corrected chi connectivity index (χ0v) is 22.8. The fraction of sp³-hybridized carbons (Fsp3) is 0.258. The smallest absolute Gasteiger partial charge is 0.310 e. The molecule has 41 heavy (non-hydrogen) atoms. The number of hydrogen-bond acceptors (Lipinski definition) is 7. The van der Waals surface area contributed by atoms with Crippen molar-refractivity contribution in [3.05, 3.63) is 99.2 Å². The molecule has 1 aromatic heterocycles. The summed E-state index contributed by atoms with van der Waals surface area (Å²) >= 11 is 0. The van der Waals surface area contributed by atoms with E-state index in [9.17, 15) is 14.9 Å². The van der Waals surface area contributed by atoms with E-state index in [2.05, 4.69) is 11.1 Å². The van der Waals surface area contributed by atoms with Crippen LogP contribution in [0, 0.1) is 10.1 Å². The number of nitro groups is 1. The number of carbonyl (C=O) groups excluding carboxylic acids is 1. The fourth-order valence-electron chi connectivity index (χ4n) is 5.41. The molecule has 10 heteroatoms. The van der Waals surface area contributed by atoms with Crippen LogP contribution in [0.2, 0.25) is 0 Å². The van der Waals surface area contributed by atoms with Gasteiger partial charge in [0.05, 0.1) is 11.0 Å². The van der Waals surface area contributed by atoms with Gasteiger partial charge in [-0.05, 0) is 73.6 Å². The summed E-state index contributed by atoms with van der Waals surface area (Å²) in [5.74, 6) is 1.33. The fourth-order valence-corrected chi connectivity index (χ4v) is 5.41. The van der Waals surface area contributed by atoms with Crippen molar-refractivity contribution in [2.45, 2.75) is 12.5 Å². The summed E-state index contributed by atoms with van der Waals surface area (Å²) in [6.45, 7) is 1.61. The molecule has 1 amide bonds. The number of amides is 1. The first-order valence-electron chi connectivity index (χ1n) is 13.4. The van der Waals surface area contributed by atoms with Crippen molar-refractivity contribution in [2.75, 3.05) is 40.6 Å². The number of carbonyl (C=O) groups is 1. The molecule has 6 rings (SSSR count). The van der Waals surface area contributed by atoms with Crippen LogP contribution in [0.4, 0.5) is 5.69 Å². The third-order valence-corrected chi connectivity index (χ3v) is 7.42. The van der Waals surface area contributed by atoms with Crippen LogP contribution in [0.1, 0.15) is 28.4 Å². The predicted molar refractivity (Wildman–Crippen MR) is 154 cm³/mol. The van der Waals surface area contributed by atoms with Crippen molar-refractivity contribution >= 4 is 28.6 Å². The van der Waals surface area contributed by atoms with Gasteiger partial charge in [-0.2, -0.15) is 0 Å². The highest BCUT2D eigenvalue weighted by Crippen LogP contribution is 2.42. The van der Waals surface area contributed by atoms with Crippen LogP contribution < -0.4 is 14.2 Å². The molecule has 4 aromatic rings. The number of nitrogens with one attached hydrogen (secondary N) is 1. The minimum absolute atomic E-state index is 0.113. The van der Waals surface area contributed by atoms with E-state index in [4.69, 9.17) is 14.2 Å². The van der Waals surface area contributed by atoms with Gasteiger partial charge in [-0.3, -0.25) is 14.9 Å². The highest BCUT2D eigenvalue weighted by Gasteiger charge is 2.34. The number of benzene rings is 3. The predicted octanol–water partition coefficient (Wildman–Crippen LogP) is 4.93. The zero-order chi connectivity index (χ0) is 28.5. The van der Waals surface area contributed by atoms with E-state index in [-0.39, 0.29) is 30.2 Å². The second kappa shape index (κ2) is 11.0. The quantitative estimate of drug-likeness (QED) is 0.187. The van der Waals surface area contributed by atoms with Crippen LogP contribution in [0.25, 0.3) is 17.0 Å². The van der Waals surface area contributed by atoms with Gasteiger partial charge in [-0.25, -0.2) is 0 Å². The van der Waals surface area contributed by atoms with E-state index in [1.807, 2.05) is 60.3 Å². The lowest BCUT2D eigenvalue weighted by Crippen LogP contribution is -2.39. The van der Waals surface area contributed by atoms with E-state index < -0.39 is 4.92 Å². The van der Waals surface area contributed by atoms with Gasteiger partial charge in [-0.15, -0.1) is 0 Å². The average molecular weight is 555 g/mol. The minimum atomic E-state index is -0.467. The molecule has 1 N–H and O–H groups in total. The van der Waals surface area contributed by atoms with Crippen molar-refractivity contribution in [2.24, 2.45) is 0 Å². The Morgan fingerprint density at radius 3 is 2.80 bits per heavy atom. The molecule has 2 aliphatic rings. The minimum Gasteiger partial charge on any atom is -0.485 e. The normalized spacial score (nSPS) is 16.0. The molecule has 0 saturated heterocycles. The topological polar surface area (TPSA) is 110 Å². The lowest BCUT2D eigenvalue weighted by Gasteiger charge is -2.35. The molecular weight excluding hydrogens is 524 g/mol. The van der Waals surface area contributed by atoms with Crippen LogP contribution >= 0.6 is 0 Å². The first-order chi connectivity index (χ1) is 19.9. The number of aromatic nitrogens is 1. The lowest BCUT2D eigenvalue weighted by atomic mass is 9.92. The maximum absolute atomic E-state index is 13.7. The summed E-state index contributed by atoms with van der Waals surface area (Å²) in [5, 5.41) is 12.7. The van der Waals surface area contributed by atoms with Crippen LogP contribution in [0.3, 0.4) is 0 Å². The summed E-state index contributed by atoms with van der Waals surface area (Å²) in [4.78, 5) is 32.1. The van der Waals surface area contributed by atoms with E-state index >= 15 is 0 Å². The maximum Gasteiger partial charge on any atom is 0.310 e. The van der Waals surface area contributed by atoms with Gasteiger partial charge in [0, 0.05) is 41.8 Å². The summed E-state index contributed by atoms with van der Waals surface area (Å²) in [5.41, 5.74) is 4.64. The van der Waals surface area contributed by atoms with Crippen molar-refractivity contribution in [3.63, 3.8) is 0 Å². The second-order valence-electron chi connectivity index (χ2n) is 10.3. The Labute approximate surface area is 236 Å². The maximum atomic E-state index is 13.7. The van der Waals surface area contributed by atoms with Gasteiger partial charge >= 0.3 is 5.69 Å². The number of ether oxygens (including phenoxy) is 3. The van der Waals surface area contributed by atoms with Gasteiger partial charge < -0.3 is 29.0 Å². The molecule has 0 bridgehead atoms. The summed E-state index contributed by atoms with van der Waals surface area (Å²) in [6.07, 6.45) is 3.89. The molecule has 0 fully saturated rings. The van der Waals surface area contributed by atoms with E-state index in [1.165, 1.54) is 17.7 Å². The molecule has 0 saturated carbocycles. The molecule has 0 aliphatic carbocycles. The van der Waals surface area contributed by atoms with E-state index in [0.717, 1.165) is 22.2 Å². The van der Waals surface area contributed by atoms with Crippen molar-refractivity contribution in [1.29, 1.82) is 0 Å². The van der Waals surface area contributed by atoms with Crippen molar-refractivity contribution in [1.82, 2.24) is 14.8 Å². The molecule has 210 valence electrons. The van der Waals surface area contributed by atoms with E-state index in [1.54, 1.807) is 18.2 Å². The highest BCUT2D eigenvalue weighted by molar-refractivity contribution is 5.93. The van der Waals surface area contributed by atoms with Gasteiger partial charge in [0.1, 0.15) is 6.61 Å². The number of aromatic amines is 1. The van der Waals surface area contributed by atoms with Gasteiger partial charge in [0.25, 0.3) is 0 Å². The molecule has 2 aliphatic heterocycles. The Morgan fingerprint density at radius 1 is 1.15 bits per heavy atom. The number of likely N-dealkylation sites (N-methyl/N-ethyl adjacent to an activating group) is 1. The van der Waals surface area contributed by atoms with Gasteiger partial charge in [-0.1, -0.05) is 24.3 Å². The molecule has 3 aromatic carbocycles. The number of rotatable bonds is 8. The monoisotopic (exact) mass is 554 g/mol. The van der Waals surface area contributed by atoms with Crippen LogP contribution in [-0.4, -0.2) is 66.2 Å². The molecule has 10 nitrogen and oxygen atoms in total. The molecule has 0 spiro atoms. The number of nitrogens with zero attached hydrogens (tertiary/aromatic N) is 3. The number of nitro benzene ring substituents is 1. The SMILES string of the molecule is CN(C)CCOc1cc(/C=C/C(=O)N2CCc3c([nH]c4ccccc34)C2c2ccc3c(c2)OCO3)ccc1[N+](=O)[O-]. The van der Waals surface area contributed by atoms with Gasteiger partial charge in [0.2, 0.25) is 12.7 Å². The standard InChI is InChI=1S/C31H30N4O6/c1-33(2)15-16-39-27-17-20(7-10-25(27)35(37)38)8-12-29(36)34-14-13-23-22-5-3-4-6-24(22)32-30(23)31(34)21-9-11-26-28(18-21)41-19-40-26/h3-12,17-18,31-32H,13-16,19H2,1-2H3/b12-8+. The third-order valence-electron chi connectivity index (χ3n) is 7.42. The summed E-state index contributed by atoms with van der Waals surface area (Å²) in [7, 11) is 3.80. The number of fused-ring (bicyclic) bond motifs is 4. The average Bonchev–Trinajstić information content (AvgIpc) is 3.59. The second-order valence-corrected chi connectivity index (χ2v) is 10.3. The van der Waals surface area contributed by atoms with Crippen molar-refractivity contribution < 1.29 is 23.9 Å². The van der Waals surface area contributed by atoms with Crippen LogP contribution in [0.15, 0.2) is 66.7 Å². The van der Waals surface area contributed by atoms with Crippen LogP contribution in [-0.2, 0) is 11.2 Å². The van der Waals surface area contributed by atoms with Gasteiger partial charge in [0.15, 0.2) is 17.2 Å². The zero-order valence-electron chi connectivity index (χ0n) is 22.8. The highest BCUT2D eigenvalue weighted by atomic mass is 16.7. The Balaban J connectivity index is 1.32. The van der Waals surface area contributed by atoms with E-state index in [0.29, 0.717) is 43.2 Å². The summed E-state index contributed by atoms with van der Waals surface area (Å²) in [6, 6.07) is 18.2. The third kappa shape index (κ3) is 5.21. The Morgan fingerprint density at radius 2 is 1.98 bits per heavy atom. The number of H-pyrrole nitrogens is 1. The first-order valence-corrected chi connectivity index (χ1v) is 13.4. The molecule has 1 atom stereocenters. The Hall–Kier alpha value is -4.83. The Kier molecular flexibility index (Phi) is 7.07. The molecule has 0 radical (unpaired) electrons. The largest absolute Gasteiger partial charge is 0.485 e. The molecule has 1 unspecified atom stereocenters. The lowest BCUT2D eigenvalue weighted by molar-refractivity contribution is -0.385. The Bertz CT molecular complexity index is 1660. The number of para-hydroxylation sites is 1. The van der Waals surface area contributed by atoms with Crippen molar-refractivity contribution in [3.8, 4) is 17.2 Å². The molecular formula is C31H30N4O6. The van der Waals surface area contributed by atoms with Crippen LogP contribution in [0.5, 0.6) is 17.2 Å².